The van der Waals surface area contributed by atoms with Crippen LogP contribution in [-0.4, -0.2) is 73.4 Å². The lowest BCUT2D eigenvalue weighted by Gasteiger charge is -2.26. The minimum absolute atomic E-state index is 0.0792. The number of nitrogens with zero attached hydrogens (tertiary/aromatic N) is 1. The van der Waals surface area contributed by atoms with Gasteiger partial charge in [0, 0.05) is 6.42 Å². The molecular weight excluding hydrogens is 888 g/mol. The predicted molar refractivity (Wildman–Crippen MR) is 305 cm³/mol. The van der Waals surface area contributed by atoms with Gasteiger partial charge in [-0.25, -0.2) is 4.57 Å². The number of hydrogen-bond acceptors (Lipinski definition) is 5. The van der Waals surface area contributed by atoms with Crippen LogP contribution in [0.5, 0.6) is 0 Å². The lowest BCUT2D eigenvalue weighted by atomic mass is 10.0. The molecule has 0 bridgehead atoms. The molecule has 0 radical (unpaired) electrons. The Bertz CT molecular complexity index is 1100. The summed E-state index contributed by atoms with van der Waals surface area (Å²) >= 11 is 0. The Morgan fingerprint density at radius 2 is 0.686 bits per heavy atom. The molecular formula is C61H126N2O6P+. The zero-order valence-electron chi connectivity index (χ0n) is 48.1. The van der Waals surface area contributed by atoms with Crippen molar-refractivity contribution in [3.63, 3.8) is 0 Å². The minimum atomic E-state index is -4.32. The largest absolute Gasteiger partial charge is 0.472 e. The number of unbranched alkanes of at least 4 members (excludes halogenated alkanes) is 46. The van der Waals surface area contributed by atoms with E-state index in [-0.39, 0.29) is 19.1 Å². The van der Waals surface area contributed by atoms with Crippen molar-refractivity contribution in [2.75, 3.05) is 40.9 Å². The number of quaternary nitrogens is 1. The molecule has 0 fully saturated rings. The number of hydrogen-bond donors (Lipinski definition) is 3. The van der Waals surface area contributed by atoms with E-state index < -0.39 is 20.0 Å². The molecule has 0 rings (SSSR count). The second kappa shape index (κ2) is 53.3. The van der Waals surface area contributed by atoms with Crippen molar-refractivity contribution in [1.29, 1.82) is 0 Å². The summed E-state index contributed by atoms with van der Waals surface area (Å²) < 4.78 is 23.8. The van der Waals surface area contributed by atoms with Gasteiger partial charge in [0.15, 0.2) is 0 Å². The molecule has 8 nitrogen and oxygen atoms in total. The van der Waals surface area contributed by atoms with Crippen LogP contribution < -0.4 is 5.32 Å². The molecule has 0 aliphatic heterocycles. The predicted octanol–water partition coefficient (Wildman–Crippen LogP) is 19.2. The van der Waals surface area contributed by atoms with Gasteiger partial charge in [0.2, 0.25) is 5.91 Å². The summed E-state index contributed by atoms with van der Waals surface area (Å²) in [5.74, 6) is -0.136. The Morgan fingerprint density at radius 3 is 0.957 bits per heavy atom. The molecule has 0 saturated heterocycles. The number of carbonyl (C=O) groups is 1. The van der Waals surface area contributed by atoms with Crippen molar-refractivity contribution < 1.29 is 32.9 Å². The quantitative estimate of drug-likeness (QED) is 0.0318. The van der Waals surface area contributed by atoms with Crippen LogP contribution in [0.25, 0.3) is 0 Å². The molecule has 3 unspecified atom stereocenters. The van der Waals surface area contributed by atoms with Gasteiger partial charge in [-0.2, -0.15) is 0 Å². The number of phosphoric acid groups is 1. The number of carbonyl (C=O) groups excluding carboxylic acids is 1. The number of aliphatic hydroxyl groups excluding tert-OH is 1. The molecule has 9 heteroatoms. The van der Waals surface area contributed by atoms with E-state index in [1.165, 1.54) is 270 Å². The van der Waals surface area contributed by atoms with E-state index in [0.29, 0.717) is 23.9 Å². The van der Waals surface area contributed by atoms with Crippen molar-refractivity contribution in [3.8, 4) is 0 Å². The van der Waals surface area contributed by atoms with Crippen LogP contribution in [0.15, 0.2) is 0 Å². The van der Waals surface area contributed by atoms with Crippen LogP contribution in [-0.2, 0) is 18.4 Å². The molecule has 70 heavy (non-hydrogen) atoms. The molecule has 0 aromatic heterocycles. The monoisotopic (exact) mass is 1010 g/mol. The fourth-order valence-corrected chi connectivity index (χ4v) is 10.7. The first-order valence-electron chi connectivity index (χ1n) is 31.4. The number of nitrogens with one attached hydrogen (secondary N) is 1. The van der Waals surface area contributed by atoms with Gasteiger partial charge in [-0.1, -0.05) is 316 Å². The van der Waals surface area contributed by atoms with Crippen molar-refractivity contribution in [3.05, 3.63) is 0 Å². The lowest BCUT2D eigenvalue weighted by molar-refractivity contribution is -0.870. The van der Waals surface area contributed by atoms with E-state index in [1.807, 2.05) is 21.1 Å². The molecule has 0 heterocycles. The van der Waals surface area contributed by atoms with Crippen LogP contribution >= 0.6 is 7.82 Å². The summed E-state index contributed by atoms with van der Waals surface area (Å²) in [7, 11) is 1.64. The number of rotatable bonds is 59. The molecule has 0 aromatic carbocycles. The summed E-state index contributed by atoms with van der Waals surface area (Å²) in [4.78, 5) is 23.3. The summed E-state index contributed by atoms with van der Waals surface area (Å²) in [6.07, 6.45) is 64.7. The van der Waals surface area contributed by atoms with Crippen LogP contribution in [0.1, 0.15) is 335 Å². The smallest absolute Gasteiger partial charge is 0.391 e. The standard InChI is InChI=1S/C61H125N2O6P/c1-6-8-10-12-14-16-18-20-22-24-25-26-27-28-29-30-31-32-33-34-35-36-37-39-40-42-44-46-48-50-52-54-60(64)59(58-69-70(66,67)68-57-56-63(3,4)5)62-61(65)55-53-51-49-47-45-43-41-38-23-21-19-17-15-13-11-9-7-2/h59-60,64H,6-58H2,1-5H3,(H-,62,65,66,67)/p+1. The van der Waals surface area contributed by atoms with Crippen LogP contribution in [0.2, 0.25) is 0 Å². The molecule has 0 aliphatic rings. The van der Waals surface area contributed by atoms with Gasteiger partial charge in [-0.15, -0.1) is 0 Å². The Morgan fingerprint density at radius 1 is 0.429 bits per heavy atom. The third-order valence-electron chi connectivity index (χ3n) is 14.9. The SMILES string of the molecule is CCCCCCCCCCCCCCCCCCCCCCCCCCCCCCCCCC(O)C(COP(=O)(O)OCC[N+](C)(C)C)NC(=O)CCCCCCCCCCCCCCCCCCC. The summed E-state index contributed by atoms with van der Waals surface area (Å²) in [6, 6.07) is -0.755. The summed E-state index contributed by atoms with van der Waals surface area (Å²) in [5.41, 5.74) is 0. The maximum atomic E-state index is 13.0. The van der Waals surface area contributed by atoms with Crippen molar-refractivity contribution in [2.45, 2.75) is 347 Å². The highest BCUT2D eigenvalue weighted by atomic mass is 31.2. The zero-order chi connectivity index (χ0) is 51.3. The van der Waals surface area contributed by atoms with E-state index in [2.05, 4.69) is 19.2 Å². The molecule has 0 aliphatic carbocycles. The Balaban J connectivity index is 4.00. The highest BCUT2D eigenvalue weighted by molar-refractivity contribution is 7.47. The fourth-order valence-electron chi connectivity index (χ4n) is 9.93. The van der Waals surface area contributed by atoms with Gasteiger partial charge in [0.05, 0.1) is 39.9 Å². The minimum Gasteiger partial charge on any atom is -0.391 e. The van der Waals surface area contributed by atoms with Gasteiger partial charge in [-0.3, -0.25) is 13.8 Å². The van der Waals surface area contributed by atoms with Crippen LogP contribution in [0.4, 0.5) is 0 Å². The second-order valence-electron chi connectivity index (χ2n) is 23.2. The van der Waals surface area contributed by atoms with E-state index in [1.54, 1.807) is 0 Å². The van der Waals surface area contributed by atoms with E-state index in [4.69, 9.17) is 9.05 Å². The summed E-state index contributed by atoms with van der Waals surface area (Å²) in [6.45, 7) is 4.95. The number of likely N-dealkylation sites (N-methyl/N-ethyl adjacent to an activating group) is 1. The number of amides is 1. The van der Waals surface area contributed by atoms with Gasteiger partial charge >= 0.3 is 7.82 Å². The first-order valence-corrected chi connectivity index (χ1v) is 32.9. The molecule has 3 N–H and O–H groups in total. The van der Waals surface area contributed by atoms with E-state index >= 15 is 0 Å². The van der Waals surface area contributed by atoms with Gasteiger partial charge < -0.3 is 19.8 Å². The molecule has 0 saturated carbocycles. The average molecular weight is 1010 g/mol. The molecule has 0 aromatic rings. The molecule has 0 spiro atoms. The molecule has 1 amide bonds. The average Bonchev–Trinajstić information content (AvgIpc) is 3.32. The highest BCUT2D eigenvalue weighted by Gasteiger charge is 2.28. The lowest BCUT2D eigenvalue weighted by Crippen LogP contribution is -2.46. The number of phosphoric ester groups is 1. The van der Waals surface area contributed by atoms with Crippen molar-refractivity contribution >= 4 is 13.7 Å². The zero-order valence-corrected chi connectivity index (χ0v) is 48.9. The van der Waals surface area contributed by atoms with E-state index in [0.717, 1.165) is 38.5 Å². The molecule has 420 valence electrons. The van der Waals surface area contributed by atoms with E-state index in [9.17, 15) is 19.4 Å². The van der Waals surface area contributed by atoms with Crippen molar-refractivity contribution in [1.82, 2.24) is 5.32 Å². The maximum absolute atomic E-state index is 13.0. The summed E-state index contributed by atoms with van der Waals surface area (Å²) in [5, 5.41) is 14.1. The van der Waals surface area contributed by atoms with Gasteiger partial charge in [-0.05, 0) is 12.8 Å². The van der Waals surface area contributed by atoms with Crippen LogP contribution in [0.3, 0.4) is 0 Å². The van der Waals surface area contributed by atoms with Gasteiger partial charge in [0.25, 0.3) is 0 Å². The van der Waals surface area contributed by atoms with Crippen LogP contribution in [0, 0.1) is 0 Å². The Labute approximate surface area is 438 Å². The van der Waals surface area contributed by atoms with Gasteiger partial charge in [0.1, 0.15) is 13.2 Å². The third-order valence-corrected chi connectivity index (χ3v) is 15.8. The normalized spacial score (nSPS) is 13.8. The Hall–Kier alpha value is -0.500. The number of aliphatic hydroxyl groups is 1. The topological polar surface area (TPSA) is 105 Å². The second-order valence-corrected chi connectivity index (χ2v) is 24.6. The first-order chi connectivity index (χ1) is 34.0. The first kappa shape index (κ1) is 69.5. The molecule has 3 atom stereocenters. The van der Waals surface area contributed by atoms with Crippen molar-refractivity contribution in [2.24, 2.45) is 0 Å². The Kier molecular flexibility index (Phi) is 52.9. The highest BCUT2D eigenvalue weighted by Crippen LogP contribution is 2.43. The fraction of sp³-hybridized carbons (Fsp3) is 0.984. The maximum Gasteiger partial charge on any atom is 0.472 e. The third kappa shape index (κ3) is 55.3.